The van der Waals surface area contributed by atoms with E-state index in [-0.39, 0.29) is 0 Å². The Balaban J connectivity index is 2.04. The Morgan fingerprint density at radius 1 is 1.37 bits per heavy atom. The molecule has 102 valence electrons. The highest BCUT2D eigenvalue weighted by Crippen LogP contribution is 2.24. The first-order valence-corrected chi connectivity index (χ1v) is 7.37. The van der Waals surface area contributed by atoms with E-state index in [2.05, 4.69) is 30.2 Å². The fraction of sp³-hybridized carbons (Fsp3) is 0.625. The number of pyridine rings is 1. The van der Waals surface area contributed by atoms with Crippen LogP contribution in [0.2, 0.25) is 0 Å². The normalized spacial score (nSPS) is 14.0. The highest BCUT2D eigenvalue weighted by atomic mass is 15.0. The molecule has 1 aliphatic carbocycles. The number of hydrogen-bond acceptors (Lipinski definition) is 3. The van der Waals surface area contributed by atoms with Gasteiger partial charge in [-0.15, -0.1) is 0 Å². The van der Waals surface area contributed by atoms with Gasteiger partial charge >= 0.3 is 0 Å². The molecule has 2 rings (SSSR count). The van der Waals surface area contributed by atoms with Crippen molar-refractivity contribution < 1.29 is 0 Å². The van der Waals surface area contributed by atoms with Gasteiger partial charge in [0.05, 0.1) is 5.56 Å². The van der Waals surface area contributed by atoms with Crippen molar-refractivity contribution in [2.45, 2.75) is 52.4 Å². The lowest BCUT2D eigenvalue weighted by atomic mass is 9.95. The third-order valence-electron chi connectivity index (χ3n) is 3.67. The number of nitriles is 1. The van der Waals surface area contributed by atoms with Gasteiger partial charge in [-0.2, -0.15) is 5.26 Å². The summed E-state index contributed by atoms with van der Waals surface area (Å²) in [5.74, 6) is 1.51. The summed E-state index contributed by atoms with van der Waals surface area (Å²) < 4.78 is 0. The summed E-state index contributed by atoms with van der Waals surface area (Å²) in [4.78, 5) is 4.67. The summed E-state index contributed by atoms with van der Waals surface area (Å²) in [5, 5.41) is 12.6. The minimum Gasteiger partial charge on any atom is -0.369 e. The maximum absolute atomic E-state index is 9.23. The van der Waals surface area contributed by atoms with E-state index in [1.807, 2.05) is 6.07 Å². The number of nitrogens with one attached hydrogen (secondary N) is 1. The van der Waals surface area contributed by atoms with Crippen LogP contribution in [0.25, 0.3) is 0 Å². The van der Waals surface area contributed by atoms with E-state index in [0.29, 0.717) is 5.56 Å². The second kappa shape index (κ2) is 6.56. The number of aromatic nitrogens is 1. The van der Waals surface area contributed by atoms with E-state index in [1.165, 1.54) is 30.5 Å². The van der Waals surface area contributed by atoms with Crippen molar-refractivity contribution >= 4 is 5.82 Å². The fourth-order valence-corrected chi connectivity index (χ4v) is 2.57. The first-order valence-electron chi connectivity index (χ1n) is 7.37. The number of hydrogen-bond donors (Lipinski definition) is 1. The van der Waals surface area contributed by atoms with Crippen molar-refractivity contribution in [1.29, 1.82) is 5.26 Å². The molecule has 0 bridgehead atoms. The molecule has 1 aromatic rings. The van der Waals surface area contributed by atoms with E-state index >= 15 is 0 Å². The highest BCUT2D eigenvalue weighted by molar-refractivity contribution is 5.54. The predicted octanol–water partition coefficient (Wildman–Crippen LogP) is 3.68. The molecule has 0 aromatic carbocycles. The van der Waals surface area contributed by atoms with Crippen LogP contribution < -0.4 is 5.32 Å². The molecular formula is C16H23N3. The van der Waals surface area contributed by atoms with Gasteiger partial charge in [-0.1, -0.05) is 13.8 Å². The molecular weight excluding hydrogens is 234 g/mol. The van der Waals surface area contributed by atoms with E-state index in [9.17, 15) is 5.26 Å². The van der Waals surface area contributed by atoms with Crippen LogP contribution in [0.3, 0.4) is 0 Å². The van der Waals surface area contributed by atoms with Gasteiger partial charge in [0.15, 0.2) is 0 Å². The zero-order valence-corrected chi connectivity index (χ0v) is 12.0. The van der Waals surface area contributed by atoms with Gasteiger partial charge in [0, 0.05) is 12.2 Å². The van der Waals surface area contributed by atoms with Gasteiger partial charge in [-0.05, 0) is 56.1 Å². The molecule has 0 fully saturated rings. The van der Waals surface area contributed by atoms with Crippen molar-refractivity contribution in [3.05, 3.63) is 22.9 Å². The lowest BCUT2D eigenvalue weighted by molar-refractivity contribution is 0.566. The standard InChI is InChI=1S/C16H23N3/c1-12(2)6-5-9-18-16-14(11-17)10-13-7-3-4-8-15(13)19-16/h10,12H,3-9H2,1-2H3,(H,18,19). The van der Waals surface area contributed by atoms with Crippen LogP contribution in [0.5, 0.6) is 0 Å². The molecule has 0 aliphatic heterocycles. The lowest BCUT2D eigenvalue weighted by Gasteiger charge is -2.17. The van der Waals surface area contributed by atoms with E-state index in [4.69, 9.17) is 0 Å². The summed E-state index contributed by atoms with van der Waals surface area (Å²) in [6, 6.07) is 4.30. The highest BCUT2D eigenvalue weighted by Gasteiger charge is 2.14. The Morgan fingerprint density at radius 2 is 2.16 bits per heavy atom. The molecule has 1 N–H and O–H groups in total. The van der Waals surface area contributed by atoms with E-state index in [0.717, 1.165) is 37.5 Å². The molecule has 1 heterocycles. The number of nitrogens with zero attached hydrogens (tertiary/aromatic N) is 2. The summed E-state index contributed by atoms with van der Waals surface area (Å²) in [6.07, 6.45) is 6.91. The summed E-state index contributed by atoms with van der Waals surface area (Å²) in [6.45, 7) is 5.37. The lowest BCUT2D eigenvalue weighted by Crippen LogP contribution is -2.11. The van der Waals surface area contributed by atoms with Crippen molar-refractivity contribution in [2.75, 3.05) is 11.9 Å². The van der Waals surface area contributed by atoms with Crippen molar-refractivity contribution in [3.8, 4) is 6.07 Å². The summed E-state index contributed by atoms with van der Waals surface area (Å²) in [7, 11) is 0. The SMILES string of the molecule is CC(C)CCCNc1nc2c(cc1C#N)CCCC2. The molecule has 0 spiro atoms. The van der Waals surface area contributed by atoms with Crippen LogP contribution in [0.1, 0.15) is 56.4 Å². The quantitative estimate of drug-likeness (QED) is 0.819. The molecule has 0 radical (unpaired) electrons. The molecule has 3 heteroatoms. The first kappa shape index (κ1) is 13.9. The zero-order valence-electron chi connectivity index (χ0n) is 12.0. The van der Waals surface area contributed by atoms with E-state index < -0.39 is 0 Å². The van der Waals surface area contributed by atoms with Crippen LogP contribution in [-0.4, -0.2) is 11.5 Å². The Kier molecular flexibility index (Phi) is 4.79. The molecule has 19 heavy (non-hydrogen) atoms. The largest absolute Gasteiger partial charge is 0.369 e. The number of aryl methyl sites for hydroxylation is 2. The maximum Gasteiger partial charge on any atom is 0.144 e. The summed E-state index contributed by atoms with van der Waals surface area (Å²) >= 11 is 0. The number of fused-ring (bicyclic) bond motifs is 1. The molecule has 1 aromatic heterocycles. The van der Waals surface area contributed by atoms with Gasteiger partial charge in [-0.25, -0.2) is 4.98 Å². The van der Waals surface area contributed by atoms with Crippen molar-refractivity contribution in [1.82, 2.24) is 4.98 Å². The first-order chi connectivity index (χ1) is 9.20. The molecule has 3 nitrogen and oxygen atoms in total. The third kappa shape index (κ3) is 3.70. The van der Waals surface area contributed by atoms with Crippen LogP contribution in [0.15, 0.2) is 6.07 Å². The van der Waals surface area contributed by atoms with Crippen LogP contribution in [0, 0.1) is 17.2 Å². The predicted molar refractivity (Wildman–Crippen MR) is 78.2 cm³/mol. The van der Waals surface area contributed by atoms with Crippen LogP contribution >= 0.6 is 0 Å². The fourth-order valence-electron chi connectivity index (χ4n) is 2.57. The Labute approximate surface area is 116 Å². The van der Waals surface area contributed by atoms with Gasteiger partial charge < -0.3 is 5.32 Å². The maximum atomic E-state index is 9.23. The smallest absolute Gasteiger partial charge is 0.144 e. The second-order valence-corrected chi connectivity index (χ2v) is 5.77. The van der Waals surface area contributed by atoms with Gasteiger partial charge in [0.2, 0.25) is 0 Å². The molecule has 0 saturated heterocycles. The summed E-state index contributed by atoms with van der Waals surface area (Å²) in [5.41, 5.74) is 3.16. The minimum atomic E-state index is 0.699. The Bertz CT molecular complexity index is 472. The average molecular weight is 257 g/mol. The van der Waals surface area contributed by atoms with Crippen LogP contribution in [0.4, 0.5) is 5.82 Å². The van der Waals surface area contributed by atoms with Gasteiger partial charge in [0.25, 0.3) is 0 Å². The Morgan fingerprint density at radius 3 is 2.89 bits per heavy atom. The van der Waals surface area contributed by atoms with Crippen molar-refractivity contribution in [3.63, 3.8) is 0 Å². The van der Waals surface area contributed by atoms with Crippen LogP contribution in [-0.2, 0) is 12.8 Å². The molecule has 0 atom stereocenters. The topological polar surface area (TPSA) is 48.7 Å². The molecule has 1 aliphatic rings. The monoisotopic (exact) mass is 257 g/mol. The second-order valence-electron chi connectivity index (χ2n) is 5.77. The number of anilines is 1. The average Bonchev–Trinajstić information content (AvgIpc) is 2.42. The zero-order chi connectivity index (χ0) is 13.7. The van der Waals surface area contributed by atoms with Gasteiger partial charge in [-0.3, -0.25) is 0 Å². The Hall–Kier alpha value is -1.56. The molecule has 0 saturated carbocycles. The molecule has 0 unspecified atom stereocenters. The number of rotatable bonds is 5. The van der Waals surface area contributed by atoms with Crippen molar-refractivity contribution in [2.24, 2.45) is 5.92 Å². The van der Waals surface area contributed by atoms with Gasteiger partial charge in [0.1, 0.15) is 11.9 Å². The third-order valence-corrected chi connectivity index (χ3v) is 3.67. The van der Waals surface area contributed by atoms with E-state index in [1.54, 1.807) is 0 Å². The molecule has 0 amide bonds. The minimum absolute atomic E-state index is 0.699.